The summed E-state index contributed by atoms with van der Waals surface area (Å²) < 4.78 is 39.2. The lowest BCUT2D eigenvalue weighted by Gasteiger charge is -2.35. The Labute approximate surface area is 167 Å². The Morgan fingerprint density at radius 1 is 1.03 bits per heavy atom. The van der Waals surface area contributed by atoms with E-state index >= 15 is 0 Å². The fourth-order valence-corrected chi connectivity index (χ4v) is 3.00. The average Bonchev–Trinajstić information content (AvgIpc) is 2.71. The van der Waals surface area contributed by atoms with Crippen molar-refractivity contribution < 1.29 is 18.0 Å². The first-order chi connectivity index (χ1) is 13.9. The van der Waals surface area contributed by atoms with E-state index < -0.39 is 11.6 Å². The Morgan fingerprint density at radius 2 is 1.76 bits per heavy atom. The molecule has 1 saturated heterocycles. The van der Waals surface area contributed by atoms with Gasteiger partial charge in [-0.05, 0) is 35.4 Å². The van der Waals surface area contributed by atoms with Crippen molar-refractivity contribution in [2.45, 2.75) is 13.1 Å². The summed E-state index contributed by atoms with van der Waals surface area (Å²) in [5.74, 6) is -1.39. The largest absolute Gasteiger partial charge is 0.360 e. The van der Waals surface area contributed by atoms with Crippen molar-refractivity contribution in [3.8, 4) is 0 Å². The van der Waals surface area contributed by atoms with Gasteiger partial charge in [0.15, 0.2) is 11.6 Å². The van der Waals surface area contributed by atoms with Crippen LogP contribution < -0.4 is 5.32 Å². The van der Waals surface area contributed by atoms with Gasteiger partial charge in [-0.1, -0.05) is 18.2 Å². The van der Waals surface area contributed by atoms with Gasteiger partial charge in [0, 0.05) is 26.7 Å². The zero-order valence-corrected chi connectivity index (χ0v) is 16.2. The highest BCUT2D eigenvalue weighted by molar-refractivity contribution is 5.90. The highest BCUT2D eigenvalue weighted by Gasteiger charge is 2.23. The normalized spacial score (nSPS) is 15.8. The molecule has 154 valence electrons. The monoisotopic (exact) mass is 404 g/mol. The Hall–Kier alpha value is -2.87. The summed E-state index contributed by atoms with van der Waals surface area (Å²) in [6.07, 6.45) is 0. The molecule has 1 N–H and O–H groups in total. The number of hydrogen-bond donors (Lipinski definition) is 1. The minimum atomic E-state index is -0.906. The summed E-state index contributed by atoms with van der Waals surface area (Å²) in [4.78, 5) is 20.8. The Kier molecular flexibility index (Phi) is 6.87. The average molecular weight is 404 g/mol. The number of carbonyl (C=O) groups is 1. The van der Waals surface area contributed by atoms with Crippen LogP contribution in [0.5, 0.6) is 0 Å². The molecule has 1 aliphatic rings. The van der Waals surface area contributed by atoms with Gasteiger partial charge >= 0.3 is 0 Å². The quantitative estimate of drug-likeness (QED) is 0.805. The molecule has 0 saturated carbocycles. The summed E-state index contributed by atoms with van der Waals surface area (Å²) in [6, 6.07) is 9.83. The molecular formula is C21H23F3N4O. The van der Waals surface area contributed by atoms with Gasteiger partial charge in [-0.15, -0.1) is 0 Å². The molecular weight excluding hydrogens is 381 g/mol. The van der Waals surface area contributed by atoms with E-state index in [9.17, 15) is 18.0 Å². The number of likely N-dealkylation sites (N-methyl/N-ethyl adjacent to an activating group) is 1. The third-order valence-electron chi connectivity index (χ3n) is 4.78. The SMILES string of the molecule is CN1CCN(C(=O)CNCc2ccc(F)c(F)c2)CC1=NCc1ccc(F)cc1. The molecule has 1 amide bonds. The van der Waals surface area contributed by atoms with Crippen molar-refractivity contribution in [2.75, 3.05) is 33.2 Å². The molecule has 0 radical (unpaired) electrons. The zero-order chi connectivity index (χ0) is 20.8. The third kappa shape index (κ3) is 5.80. The number of piperazine rings is 1. The number of nitrogens with one attached hydrogen (secondary N) is 1. The van der Waals surface area contributed by atoms with Gasteiger partial charge in [0.05, 0.1) is 19.6 Å². The fraction of sp³-hybridized carbons (Fsp3) is 0.333. The number of benzene rings is 2. The van der Waals surface area contributed by atoms with Gasteiger partial charge in [-0.3, -0.25) is 9.79 Å². The summed E-state index contributed by atoms with van der Waals surface area (Å²) in [6.45, 7) is 2.41. The number of nitrogens with zero attached hydrogens (tertiary/aromatic N) is 3. The van der Waals surface area contributed by atoms with Crippen LogP contribution in [0.2, 0.25) is 0 Å². The van der Waals surface area contributed by atoms with Gasteiger partial charge in [0.2, 0.25) is 5.91 Å². The lowest BCUT2D eigenvalue weighted by molar-refractivity contribution is -0.130. The lowest BCUT2D eigenvalue weighted by atomic mass is 10.2. The minimum absolute atomic E-state index is 0.0878. The number of carbonyl (C=O) groups excluding carboxylic acids is 1. The van der Waals surface area contributed by atoms with Crippen LogP contribution in [0.15, 0.2) is 47.5 Å². The summed E-state index contributed by atoms with van der Waals surface area (Å²) in [5, 5.41) is 2.97. The topological polar surface area (TPSA) is 47.9 Å². The first-order valence-corrected chi connectivity index (χ1v) is 9.33. The third-order valence-corrected chi connectivity index (χ3v) is 4.78. The van der Waals surface area contributed by atoms with Crippen molar-refractivity contribution in [1.29, 1.82) is 0 Å². The lowest BCUT2D eigenvalue weighted by Crippen LogP contribution is -2.52. The van der Waals surface area contributed by atoms with E-state index in [2.05, 4.69) is 10.3 Å². The zero-order valence-electron chi connectivity index (χ0n) is 16.2. The first kappa shape index (κ1) is 20.9. The van der Waals surface area contributed by atoms with Gasteiger partial charge in [-0.25, -0.2) is 13.2 Å². The molecule has 29 heavy (non-hydrogen) atoms. The highest BCUT2D eigenvalue weighted by atomic mass is 19.2. The van der Waals surface area contributed by atoms with Crippen LogP contribution in [0.25, 0.3) is 0 Å². The molecule has 1 aliphatic heterocycles. The van der Waals surface area contributed by atoms with Crippen LogP contribution >= 0.6 is 0 Å². The molecule has 0 aromatic heterocycles. The van der Waals surface area contributed by atoms with Crippen LogP contribution in [-0.4, -0.2) is 54.8 Å². The number of amidine groups is 1. The maximum absolute atomic E-state index is 13.2. The summed E-state index contributed by atoms with van der Waals surface area (Å²) in [7, 11) is 1.92. The molecule has 0 bridgehead atoms. The van der Waals surface area contributed by atoms with Crippen molar-refractivity contribution in [3.05, 3.63) is 71.0 Å². The predicted molar refractivity (Wildman–Crippen MR) is 105 cm³/mol. The molecule has 1 heterocycles. The Morgan fingerprint density at radius 3 is 2.48 bits per heavy atom. The smallest absolute Gasteiger partial charge is 0.237 e. The van der Waals surface area contributed by atoms with Gasteiger partial charge in [0.25, 0.3) is 0 Å². The minimum Gasteiger partial charge on any atom is -0.360 e. The Balaban J connectivity index is 1.51. The van der Waals surface area contributed by atoms with E-state index in [0.717, 1.165) is 23.5 Å². The molecule has 0 aliphatic carbocycles. The molecule has 2 aromatic carbocycles. The second-order valence-electron chi connectivity index (χ2n) is 6.95. The molecule has 8 heteroatoms. The van der Waals surface area contributed by atoms with Crippen LogP contribution in [0.1, 0.15) is 11.1 Å². The maximum atomic E-state index is 13.2. The predicted octanol–water partition coefficient (Wildman–Crippen LogP) is 2.57. The number of halogens is 3. The number of hydrogen-bond acceptors (Lipinski definition) is 3. The van der Waals surface area contributed by atoms with Gasteiger partial charge in [-0.2, -0.15) is 0 Å². The number of aliphatic imine (C=N–C) groups is 1. The van der Waals surface area contributed by atoms with E-state index in [1.165, 1.54) is 18.2 Å². The summed E-state index contributed by atoms with van der Waals surface area (Å²) >= 11 is 0. The molecule has 0 spiro atoms. The second kappa shape index (κ2) is 9.56. The standard InChI is InChI=1S/C21H23F3N4O/c1-27-8-9-28(14-20(27)26-12-15-2-5-17(22)6-3-15)21(29)13-25-11-16-4-7-18(23)19(24)10-16/h2-7,10,25H,8-9,11-14H2,1H3. The second-order valence-corrected chi connectivity index (χ2v) is 6.95. The fourth-order valence-electron chi connectivity index (χ4n) is 3.00. The van der Waals surface area contributed by atoms with Crippen molar-refractivity contribution in [1.82, 2.24) is 15.1 Å². The van der Waals surface area contributed by atoms with Crippen LogP contribution in [0.4, 0.5) is 13.2 Å². The molecule has 5 nitrogen and oxygen atoms in total. The first-order valence-electron chi connectivity index (χ1n) is 9.33. The van der Waals surface area contributed by atoms with E-state index in [4.69, 9.17) is 0 Å². The molecule has 2 aromatic rings. The molecule has 3 rings (SSSR count). The van der Waals surface area contributed by atoms with Crippen LogP contribution in [0, 0.1) is 17.5 Å². The van der Waals surface area contributed by atoms with Crippen LogP contribution in [0.3, 0.4) is 0 Å². The van der Waals surface area contributed by atoms with E-state index in [0.29, 0.717) is 31.7 Å². The van der Waals surface area contributed by atoms with Crippen LogP contribution in [-0.2, 0) is 17.9 Å². The number of amides is 1. The molecule has 0 atom stereocenters. The molecule has 1 fully saturated rings. The summed E-state index contributed by atoms with van der Waals surface area (Å²) in [5.41, 5.74) is 1.46. The highest BCUT2D eigenvalue weighted by Crippen LogP contribution is 2.09. The Bertz CT molecular complexity index is 886. The van der Waals surface area contributed by atoms with E-state index in [1.807, 2.05) is 11.9 Å². The van der Waals surface area contributed by atoms with Crippen molar-refractivity contribution in [2.24, 2.45) is 4.99 Å². The van der Waals surface area contributed by atoms with E-state index in [1.54, 1.807) is 17.0 Å². The van der Waals surface area contributed by atoms with Crippen molar-refractivity contribution >= 4 is 11.7 Å². The van der Waals surface area contributed by atoms with E-state index in [-0.39, 0.29) is 24.8 Å². The maximum Gasteiger partial charge on any atom is 0.237 e. The van der Waals surface area contributed by atoms with Gasteiger partial charge in [0.1, 0.15) is 11.7 Å². The van der Waals surface area contributed by atoms with Gasteiger partial charge < -0.3 is 15.1 Å². The number of rotatable bonds is 6. The van der Waals surface area contributed by atoms with Crippen molar-refractivity contribution in [3.63, 3.8) is 0 Å². The molecule has 0 unspecified atom stereocenters.